The number of fused-ring (bicyclic) bond motifs is 1. The van der Waals surface area contributed by atoms with Crippen LogP contribution < -0.4 is 10.1 Å². The van der Waals surface area contributed by atoms with E-state index >= 15 is 0 Å². The molecule has 0 unspecified atom stereocenters. The van der Waals surface area contributed by atoms with Crippen molar-refractivity contribution in [3.8, 4) is 5.88 Å². The summed E-state index contributed by atoms with van der Waals surface area (Å²) < 4.78 is 7.20. The standard InChI is InChI=1S/C17H20N6O2/c1-12(2)25-17-9-7-15-21-20-14(23(15)22-17)6-8-16(24)19-11-13-5-3-4-10-18-13/h3-5,7,9-10,12H,6,8,11H2,1-2H3,(H,19,24). The number of amides is 1. The van der Waals surface area contributed by atoms with Crippen molar-refractivity contribution >= 4 is 11.6 Å². The highest BCUT2D eigenvalue weighted by atomic mass is 16.5. The third kappa shape index (κ3) is 4.50. The van der Waals surface area contributed by atoms with Crippen LogP contribution in [0.4, 0.5) is 0 Å². The number of carbonyl (C=O) groups excluding carboxylic acids is 1. The predicted molar refractivity (Wildman–Crippen MR) is 91.0 cm³/mol. The number of ether oxygens (including phenoxy) is 1. The van der Waals surface area contributed by atoms with Crippen LogP contribution in [0.25, 0.3) is 5.65 Å². The van der Waals surface area contributed by atoms with Crippen LogP contribution in [0.3, 0.4) is 0 Å². The van der Waals surface area contributed by atoms with Crippen LogP contribution in [-0.4, -0.2) is 36.8 Å². The van der Waals surface area contributed by atoms with E-state index < -0.39 is 0 Å². The molecule has 0 fully saturated rings. The lowest BCUT2D eigenvalue weighted by Crippen LogP contribution is -2.23. The highest BCUT2D eigenvalue weighted by Gasteiger charge is 2.11. The van der Waals surface area contributed by atoms with Crippen molar-refractivity contribution < 1.29 is 9.53 Å². The number of nitrogens with zero attached hydrogens (tertiary/aromatic N) is 5. The highest BCUT2D eigenvalue weighted by molar-refractivity contribution is 5.76. The Bertz CT molecular complexity index is 847. The van der Waals surface area contributed by atoms with Crippen molar-refractivity contribution in [3.05, 3.63) is 48.0 Å². The van der Waals surface area contributed by atoms with Gasteiger partial charge in [-0.25, -0.2) is 0 Å². The summed E-state index contributed by atoms with van der Waals surface area (Å²) in [5.41, 5.74) is 1.45. The number of rotatable bonds is 7. The molecule has 0 saturated heterocycles. The zero-order chi connectivity index (χ0) is 17.6. The molecule has 3 rings (SSSR count). The van der Waals surface area contributed by atoms with E-state index in [2.05, 4.69) is 25.6 Å². The smallest absolute Gasteiger partial charge is 0.232 e. The van der Waals surface area contributed by atoms with Crippen molar-refractivity contribution in [1.82, 2.24) is 30.1 Å². The minimum absolute atomic E-state index is 0.0299. The van der Waals surface area contributed by atoms with E-state index in [1.165, 1.54) is 0 Å². The van der Waals surface area contributed by atoms with Gasteiger partial charge >= 0.3 is 0 Å². The molecule has 25 heavy (non-hydrogen) atoms. The molecule has 3 aromatic rings. The number of aromatic nitrogens is 5. The molecule has 0 atom stereocenters. The topological polar surface area (TPSA) is 94.3 Å². The van der Waals surface area contributed by atoms with Gasteiger partial charge in [0, 0.05) is 25.1 Å². The van der Waals surface area contributed by atoms with Gasteiger partial charge in [-0.1, -0.05) is 6.07 Å². The summed E-state index contributed by atoms with van der Waals surface area (Å²) in [5, 5.41) is 15.4. The fourth-order valence-electron chi connectivity index (χ4n) is 2.28. The number of hydrogen-bond acceptors (Lipinski definition) is 6. The van der Waals surface area contributed by atoms with Crippen molar-refractivity contribution in [2.75, 3.05) is 0 Å². The molecule has 0 spiro atoms. The molecule has 3 heterocycles. The second-order valence-electron chi connectivity index (χ2n) is 5.82. The Morgan fingerprint density at radius 3 is 2.88 bits per heavy atom. The van der Waals surface area contributed by atoms with Crippen LogP contribution in [0.5, 0.6) is 5.88 Å². The third-order valence-corrected chi connectivity index (χ3v) is 3.43. The number of hydrogen-bond donors (Lipinski definition) is 1. The number of carbonyl (C=O) groups is 1. The van der Waals surface area contributed by atoms with E-state index in [1.807, 2.05) is 32.0 Å². The van der Waals surface area contributed by atoms with Crippen LogP contribution in [0.2, 0.25) is 0 Å². The molecule has 0 saturated carbocycles. The average molecular weight is 340 g/mol. The van der Waals surface area contributed by atoms with E-state index in [-0.39, 0.29) is 12.0 Å². The summed E-state index contributed by atoms with van der Waals surface area (Å²) in [6, 6.07) is 9.15. The molecule has 3 aromatic heterocycles. The number of pyridine rings is 1. The maximum absolute atomic E-state index is 12.0. The van der Waals surface area contributed by atoms with Gasteiger partial charge < -0.3 is 10.1 Å². The Hall–Kier alpha value is -3.03. The SMILES string of the molecule is CC(C)Oc1ccc2nnc(CCC(=O)NCc3ccccn3)n2n1. The second kappa shape index (κ2) is 7.69. The molecule has 1 amide bonds. The summed E-state index contributed by atoms with van der Waals surface area (Å²) in [7, 11) is 0. The molecule has 8 nitrogen and oxygen atoms in total. The summed E-state index contributed by atoms with van der Waals surface area (Å²) in [4.78, 5) is 16.2. The van der Waals surface area contributed by atoms with Crippen LogP contribution in [-0.2, 0) is 17.8 Å². The van der Waals surface area contributed by atoms with Gasteiger partial charge in [-0.2, -0.15) is 4.52 Å². The average Bonchev–Trinajstić information content (AvgIpc) is 3.01. The summed E-state index contributed by atoms with van der Waals surface area (Å²) in [5.74, 6) is 1.05. The monoisotopic (exact) mass is 340 g/mol. The maximum Gasteiger partial charge on any atom is 0.232 e. The first kappa shape index (κ1) is 16.8. The van der Waals surface area contributed by atoms with Gasteiger partial charge in [0.05, 0.1) is 18.3 Å². The van der Waals surface area contributed by atoms with Gasteiger partial charge in [0.1, 0.15) is 0 Å². The van der Waals surface area contributed by atoms with Gasteiger partial charge in [-0.15, -0.1) is 15.3 Å². The molecule has 0 bridgehead atoms. The Kier molecular flexibility index (Phi) is 5.17. The lowest BCUT2D eigenvalue weighted by atomic mass is 10.2. The van der Waals surface area contributed by atoms with E-state index in [0.29, 0.717) is 36.7 Å². The summed E-state index contributed by atoms with van der Waals surface area (Å²) >= 11 is 0. The molecular weight excluding hydrogens is 320 g/mol. The lowest BCUT2D eigenvalue weighted by Gasteiger charge is -2.08. The fourth-order valence-corrected chi connectivity index (χ4v) is 2.28. The molecule has 8 heteroatoms. The van der Waals surface area contributed by atoms with Crippen LogP contribution in [0.15, 0.2) is 36.5 Å². The quantitative estimate of drug-likeness (QED) is 0.701. The fraction of sp³-hybridized carbons (Fsp3) is 0.353. The second-order valence-corrected chi connectivity index (χ2v) is 5.82. The first-order chi connectivity index (χ1) is 12.1. The Morgan fingerprint density at radius 1 is 1.24 bits per heavy atom. The molecule has 0 radical (unpaired) electrons. The zero-order valence-electron chi connectivity index (χ0n) is 14.2. The summed E-state index contributed by atoms with van der Waals surface area (Å²) in [6.45, 7) is 4.28. The van der Waals surface area contributed by atoms with Crippen molar-refractivity contribution in [2.24, 2.45) is 0 Å². The van der Waals surface area contributed by atoms with Gasteiger partial charge in [-0.3, -0.25) is 9.78 Å². The number of aryl methyl sites for hydroxylation is 1. The van der Waals surface area contributed by atoms with E-state index in [0.717, 1.165) is 5.69 Å². The lowest BCUT2D eigenvalue weighted by molar-refractivity contribution is -0.121. The molecule has 0 aromatic carbocycles. The minimum Gasteiger partial charge on any atom is -0.474 e. The van der Waals surface area contributed by atoms with Gasteiger partial charge in [0.15, 0.2) is 11.5 Å². The molecule has 0 aliphatic carbocycles. The first-order valence-corrected chi connectivity index (χ1v) is 8.16. The highest BCUT2D eigenvalue weighted by Crippen LogP contribution is 2.11. The van der Waals surface area contributed by atoms with Crippen LogP contribution in [0.1, 0.15) is 31.8 Å². The predicted octanol–water partition coefficient (Wildman–Crippen LogP) is 1.56. The molecular formula is C17H20N6O2. The van der Waals surface area contributed by atoms with E-state index in [1.54, 1.807) is 22.8 Å². The molecule has 0 aliphatic heterocycles. The van der Waals surface area contributed by atoms with Crippen LogP contribution >= 0.6 is 0 Å². The van der Waals surface area contributed by atoms with Crippen LogP contribution in [0, 0.1) is 0 Å². The number of nitrogens with one attached hydrogen (secondary N) is 1. The molecule has 1 N–H and O–H groups in total. The largest absolute Gasteiger partial charge is 0.474 e. The van der Waals surface area contributed by atoms with Gasteiger partial charge in [0.25, 0.3) is 0 Å². The van der Waals surface area contributed by atoms with Crippen molar-refractivity contribution in [2.45, 2.75) is 39.3 Å². The van der Waals surface area contributed by atoms with Crippen molar-refractivity contribution in [3.63, 3.8) is 0 Å². The molecule has 0 aliphatic rings. The normalized spacial score (nSPS) is 11.0. The zero-order valence-corrected chi connectivity index (χ0v) is 14.2. The van der Waals surface area contributed by atoms with E-state index in [9.17, 15) is 4.79 Å². The molecule has 130 valence electrons. The van der Waals surface area contributed by atoms with Crippen molar-refractivity contribution in [1.29, 1.82) is 0 Å². The first-order valence-electron chi connectivity index (χ1n) is 8.16. The van der Waals surface area contributed by atoms with E-state index in [4.69, 9.17) is 4.74 Å². The minimum atomic E-state index is -0.0722. The van der Waals surface area contributed by atoms with Gasteiger partial charge in [-0.05, 0) is 32.0 Å². The van der Waals surface area contributed by atoms with Gasteiger partial charge in [0.2, 0.25) is 11.8 Å². The maximum atomic E-state index is 12.0. The Labute approximate surface area is 145 Å². The Balaban J connectivity index is 1.59. The third-order valence-electron chi connectivity index (χ3n) is 3.43. The summed E-state index contributed by atoms with van der Waals surface area (Å²) in [6.07, 6.45) is 2.46. The Morgan fingerprint density at radius 2 is 2.12 bits per heavy atom.